The molecule has 1 aromatic heterocycles. The molecular weight excluding hydrogens is 197 g/mol. The minimum absolute atomic E-state index is 0.00215. The smallest absolute Gasteiger partial charge is 0.357 e. The lowest BCUT2D eigenvalue weighted by Crippen LogP contribution is -2.21. The minimum atomic E-state index is -4.44. The van der Waals surface area contributed by atoms with E-state index in [-0.39, 0.29) is 5.56 Å². The quantitative estimate of drug-likeness (QED) is 0.746. The molecule has 0 atom stereocenters. The Kier molecular flexibility index (Phi) is 2.55. The Morgan fingerprint density at radius 2 is 2.00 bits per heavy atom. The van der Waals surface area contributed by atoms with Crippen molar-refractivity contribution >= 4 is 5.91 Å². The van der Waals surface area contributed by atoms with Gasteiger partial charge in [0.05, 0.1) is 5.56 Å². The van der Waals surface area contributed by atoms with Gasteiger partial charge in [-0.1, -0.05) is 0 Å². The Bertz CT molecular complexity index is 341. The molecule has 0 unspecified atom stereocenters. The fourth-order valence-corrected chi connectivity index (χ4v) is 0.940. The summed E-state index contributed by atoms with van der Waals surface area (Å²) in [4.78, 5) is 14.4. The molecule has 6 heteroatoms. The zero-order chi connectivity index (χ0) is 10.9. The van der Waals surface area contributed by atoms with Crippen molar-refractivity contribution in [1.82, 2.24) is 9.88 Å². The van der Waals surface area contributed by atoms with Gasteiger partial charge in [0, 0.05) is 20.3 Å². The molecule has 0 saturated heterocycles. The molecule has 0 aromatic carbocycles. The third kappa shape index (κ3) is 2.07. The van der Waals surface area contributed by atoms with E-state index in [1.807, 2.05) is 4.98 Å². The van der Waals surface area contributed by atoms with Crippen LogP contribution in [-0.4, -0.2) is 29.9 Å². The van der Waals surface area contributed by atoms with Gasteiger partial charge in [-0.2, -0.15) is 13.2 Å². The van der Waals surface area contributed by atoms with Gasteiger partial charge < -0.3 is 9.88 Å². The van der Waals surface area contributed by atoms with E-state index in [1.165, 1.54) is 19.0 Å². The predicted molar refractivity (Wildman–Crippen MR) is 43.8 cm³/mol. The molecule has 1 aromatic rings. The first kappa shape index (κ1) is 10.6. The predicted octanol–water partition coefficient (Wildman–Crippen LogP) is 1.74. The van der Waals surface area contributed by atoms with Crippen LogP contribution in [0.25, 0.3) is 0 Å². The van der Waals surface area contributed by atoms with Gasteiger partial charge in [0.2, 0.25) is 0 Å². The number of alkyl halides is 3. The van der Waals surface area contributed by atoms with Crippen molar-refractivity contribution in [1.29, 1.82) is 0 Å². The SMILES string of the molecule is CN(C)C(=O)c1c[nH]c(C(F)(F)F)c1. The summed E-state index contributed by atoms with van der Waals surface area (Å²) in [6.45, 7) is 0. The molecule has 0 aliphatic rings. The number of carbonyl (C=O) groups is 1. The zero-order valence-electron chi connectivity index (χ0n) is 7.64. The van der Waals surface area contributed by atoms with E-state index in [4.69, 9.17) is 0 Å². The lowest BCUT2D eigenvalue weighted by Gasteiger charge is -2.07. The van der Waals surface area contributed by atoms with Crippen molar-refractivity contribution in [2.24, 2.45) is 0 Å². The van der Waals surface area contributed by atoms with Crippen molar-refractivity contribution in [3.8, 4) is 0 Å². The van der Waals surface area contributed by atoms with Gasteiger partial charge in [-0.3, -0.25) is 4.79 Å². The number of aromatic nitrogens is 1. The number of carbonyl (C=O) groups excluding carboxylic acids is 1. The summed E-state index contributed by atoms with van der Waals surface area (Å²) in [5.41, 5.74) is -0.912. The van der Waals surface area contributed by atoms with E-state index in [9.17, 15) is 18.0 Å². The number of halogens is 3. The molecule has 1 rings (SSSR count). The molecule has 0 aliphatic heterocycles. The van der Waals surface area contributed by atoms with E-state index >= 15 is 0 Å². The van der Waals surface area contributed by atoms with Crippen molar-refractivity contribution in [2.45, 2.75) is 6.18 Å². The Hall–Kier alpha value is -1.46. The van der Waals surface area contributed by atoms with E-state index in [2.05, 4.69) is 0 Å². The minimum Gasteiger partial charge on any atom is -0.357 e. The maximum atomic E-state index is 12.1. The monoisotopic (exact) mass is 206 g/mol. The topological polar surface area (TPSA) is 36.1 Å². The summed E-state index contributed by atoms with van der Waals surface area (Å²) in [5, 5.41) is 0. The molecule has 1 N–H and O–H groups in total. The van der Waals surface area contributed by atoms with Crippen LogP contribution >= 0.6 is 0 Å². The average molecular weight is 206 g/mol. The standard InChI is InChI=1S/C8H9F3N2O/c1-13(2)7(14)5-3-6(12-4-5)8(9,10)11/h3-4,12H,1-2H3. The van der Waals surface area contributed by atoms with Gasteiger partial charge in [-0.05, 0) is 6.07 Å². The number of H-pyrrole nitrogens is 1. The Labute approximate surface area is 78.5 Å². The number of rotatable bonds is 1. The molecule has 0 radical (unpaired) electrons. The highest BCUT2D eigenvalue weighted by Crippen LogP contribution is 2.28. The molecule has 0 spiro atoms. The lowest BCUT2D eigenvalue weighted by molar-refractivity contribution is -0.140. The zero-order valence-corrected chi connectivity index (χ0v) is 7.64. The second-order valence-corrected chi connectivity index (χ2v) is 3.00. The number of aromatic amines is 1. The van der Waals surface area contributed by atoms with Crippen LogP contribution in [0.3, 0.4) is 0 Å². The van der Waals surface area contributed by atoms with E-state index in [1.54, 1.807) is 0 Å². The first-order chi connectivity index (χ1) is 6.32. The van der Waals surface area contributed by atoms with E-state index in [0.717, 1.165) is 12.3 Å². The average Bonchev–Trinajstić information content (AvgIpc) is 2.49. The van der Waals surface area contributed by atoms with Gasteiger partial charge in [-0.15, -0.1) is 0 Å². The Morgan fingerprint density at radius 3 is 2.36 bits per heavy atom. The molecular formula is C8H9F3N2O. The molecule has 0 aliphatic carbocycles. The van der Waals surface area contributed by atoms with Crippen LogP contribution in [0.15, 0.2) is 12.3 Å². The Balaban J connectivity index is 2.95. The van der Waals surface area contributed by atoms with Gasteiger partial charge in [0.15, 0.2) is 0 Å². The first-order valence-corrected chi connectivity index (χ1v) is 3.79. The molecule has 0 bridgehead atoms. The maximum Gasteiger partial charge on any atom is 0.431 e. The highest BCUT2D eigenvalue weighted by Gasteiger charge is 2.32. The van der Waals surface area contributed by atoms with Crippen LogP contribution in [0.4, 0.5) is 13.2 Å². The highest BCUT2D eigenvalue weighted by molar-refractivity contribution is 5.93. The van der Waals surface area contributed by atoms with Crippen LogP contribution in [0, 0.1) is 0 Å². The summed E-state index contributed by atoms with van der Waals surface area (Å²) < 4.78 is 36.3. The van der Waals surface area contributed by atoms with Gasteiger partial charge in [0.1, 0.15) is 5.69 Å². The third-order valence-electron chi connectivity index (χ3n) is 1.64. The number of amides is 1. The van der Waals surface area contributed by atoms with Crippen LogP contribution in [0.1, 0.15) is 16.1 Å². The fourth-order valence-electron chi connectivity index (χ4n) is 0.940. The van der Waals surface area contributed by atoms with Crippen molar-refractivity contribution in [3.63, 3.8) is 0 Å². The molecule has 0 saturated carbocycles. The number of hydrogen-bond donors (Lipinski definition) is 1. The molecule has 3 nitrogen and oxygen atoms in total. The molecule has 1 amide bonds. The summed E-state index contributed by atoms with van der Waals surface area (Å²) in [5.74, 6) is -0.461. The third-order valence-corrected chi connectivity index (χ3v) is 1.64. The number of hydrogen-bond acceptors (Lipinski definition) is 1. The molecule has 14 heavy (non-hydrogen) atoms. The fraction of sp³-hybridized carbons (Fsp3) is 0.375. The Morgan fingerprint density at radius 1 is 1.43 bits per heavy atom. The molecule has 1 heterocycles. The lowest BCUT2D eigenvalue weighted by atomic mass is 10.3. The second-order valence-electron chi connectivity index (χ2n) is 3.00. The number of nitrogens with zero attached hydrogens (tertiary/aromatic N) is 1. The van der Waals surface area contributed by atoms with Crippen molar-refractivity contribution < 1.29 is 18.0 Å². The van der Waals surface area contributed by atoms with Crippen LogP contribution in [-0.2, 0) is 6.18 Å². The normalized spacial score (nSPS) is 11.5. The van der Waals surface area contributed by atoms with Crippen molar-refractivity contribution in [3.05, 3.63) is 23.5 Å². The second kappa shape index (κ2) is 3.36. The van der Waals surface area contributed by atoms with Gasteiger partial charge >= 0.3 is 6.18 Å². The van der Waals surface area contributed by atoms with Crippen molar-refractivity contribution in [2.75, 3.05) is 14.1 Å². The van der Waals surface area contributed by atoms with Gasteiger partial charge in [0.25, 0.3) is 5.91 Å². The van der Waals surface area contributed by atoms with Crippen LogP contribution < -0.4 is 0 Å². The first-order valence-electron chi connectivity index (χ1n) is 3.79. The summed E-state index contributed by atoms with van der Waals surface area (Å²) in [6, 6.07) is 0.794. The largest absolute Gasteiger partial charge is 0.431 e. The summed E-state index contributed by atoms with van der Waals surface area (Å²) in [6.07, 6.45) is -3.39. The van der Waals surface area contributed by atoms with Crippen LogP contribution in [0.5, 0.6) is 0 Å². The number of nitrogens with one attached hydrogen (secondary N) is 1. The molecule has 78 valence electrons. The van der Waals surface area contributed by atoms with Crippen LogP contribution in [0.2, 0.25) is 0 Å². The summed E-state index contributed by atoms with van der Waals surface area (Å²) >= 11 is 0. The maximum absolute atomic E-state index is 12.1. The van der Waals surface area contributed by atoms with Gasteiger partial charge in [-0.25, -0.2) is 0 Å². The molecule has 0 fully saturated rings. The highest BCUT2D eigenvalue weighted by atomic mass is 19.4. The van der Waals surface area contributed by atoms with E-state index < -0.39 is 17.8 Å². The summed E-state index contributed by atoms with van der Waals surface area (Å²) in [7, 11) is 2.95. The van der Waals surface area contributed by atoms with E-state index in [0.29, 0.717) is 0 Å².